The minimum absolute atomic E-state index is 0.151. The molecule has 26 heavy (non-hydrogen) atoms. The van der Waals surface area contributed by atoms with Gasteiger partial charge in [-0.3, -0.25) is 4.79 Å². The molecule has 3 rings (SSSR count). The molecule has 0 bridgehead atoms. The first-order valence-electron chi connectivity index (χ1n) is 9.36. The first-order chi connectivity index (χ1) is 12.7. The number of hydrogen-bond acceptors (Lipinski definition) is 5. The van der Waals surface area contributed by atoms with Crippen LogP contribution in [0.25, 0.3) is 0 Å². The Kier molecular flexibility index (Phi) is 6.04. The van der Waals surface area contributed by atoms with E-state index in [2.05, 4.69) is 63.4 Å². The van der Waals surface area contributed by atoms with E-state index in [1.165, 1.54) is 11.3 Å². The summed E-state index contributed by atoms with van der Waals surface area (Å²) in [7, 11) is 0. The molecule has 0 saturated carbocycles. The minimum Gasteiger partial charge on any atom is -0.368 e. The Morgan fingerprint density at radius 3 is 2.50 bits per heavy atom. The average molecular weight is 353 g/mol. The molecule has 138 valence electrons. The summed E-state index contributed by atoms with van der Waals surface area (Å²) in [6.07, 6.45) is 2.03. The second-order valence-electron chi connectivity index (χ2n) is 6.70. The second-order valence-corrected chi connectivity index (χ2v) is 6.70. The lowest BCUT2D eigenvalue weighted by Gasteiger charge is -2.36. The number of rotatable bonds is 6. The van der Waals surface area contributed by atoms with Crippen LogP contribution in [0.2, 0.25) is 0 Å². The molecule has 1 saturated heterocycles. The number of anilines is 2. The monoisotopic (exact) mass is 353 g/mol. The molecular weight excluding hydrogens is 326 g/mol. The van der Waals surface area contributed by atoms with Gasteiger partial charge in [-0.15, -0.1) is 10.2 Å². The lowest BCUT2D eigenvalue weighted by Crippen LogP contribution is -2.47. The van der Waals surface area contributed by atoms with Gasteiger partial charge in [0.1, 0.15) is 0 Å². The van der Waals surface area contributed by atoms with Crippen LogP contribution >= 0.6 is 0 Å². The highest BCUT2D eigenvalue weighted by Crippen LogP contribution is 2.20. The van der Waals surface area contributed by atoms with E-state index in [0.717, 1.165) is 44.8 Å². The van der Waals surface area contributed by atoms with Crippen molar-refractivity contribution in [3.63, 3.8) is 0 Å². The first-order valence-corrected chi connectivity index (χ1v) is 9.36. The molecule has 1 aliphatic rings. The third-order valence-electron chi connectivity index (χ3n) is 4.67. The number of carbonyl (C=O) groups excluding carboxylic acids is 1. The first kappa shape index (κ1) is 18.2. The Morgan fingerprint density at radius 1 is 1.08 bits per heavy atom. The molecule has 1 aromatic heterocycles. The second kappa shape index (κ2) is 8.65. The molecule has 2 aromatic rings. The number of piperazine rings is 1. The van der Waals surface area contributed by atoms with E-state index in [-0.39, 0.29) is 5.91 Å². The fourth-order valence-electron chi connectivity index (χ4n) is 3.10. The van der Waals surface area contributed by atoms with Crippen LogP contribution in [0.15, 0.2) is 36.4 Å². The highest BCUT2D eigenvalue weighted by molar-refractivity contribution is 5.92. The smallest absolute Gasteiger partial charge is 0.271 e. The van der Waals surface area contributed by atoms with Crippen molar-refractivity contribution in [3.8, 4) is 0 Å². The maximum absolute atomic E-state index is 12.0. The summed E-state index contributed by atoms with van der Waals surface area (Å²) < 4.78 is 0. The van der Waals surface area contributed by atoms with Crippen LogP contribution in [0.5, 0.6) is 0 Å². The normalized spacial score (nSPS) is 14.4. The Bertz CT molecular complexity index is 723. The summed E-state index contributed by atoms with van der Waals surface area (Å²) >= 11 is 0. The van der Waals surface area contributed by atoms with Crippen LogP contribution in [0.1, 0.15) is 35.8 Å². The number of benzene rings is 1. The zero-order valence-corrected chi connectivity index (χ0v) is 15.6. The predicted molar refractivity (Wildman–Crippen MR) is 105 cm³/mol. The van der Waals surface area contributed by atoms with E-state index in [1.807, 2.05) is 6.07 Å². The van der Waals surface area contributed by atoms with E-state index in [0.29, 0.717) is 12.2 Å². The van der Waals surface area contributed by atoms with Gasteiger partial charge in [-0.25, -0.2) is 0 Å². The number of nitrogens with zero attached hydrogens (tertiary/aromatic N) is 4. The van der Waals surface area contributed by atoms with Gasteiger partial charge in [-0.1, -0.05) is 25.5 Å². The number of carbonyl (C=O) groups is 1. The molecule has 2 heterocycles. The van der Waals surface area contributed by atoms with Gasteiger partial charge in [0, 0.05) is 38.4 Å². The number of hydrogen-bond donors (Lipinski definition) is 1. The molecule has 0 radical (unpaired) electrons. The average Bonchev–Trinajstić information content (AvgIpc) is 2.68. The van der Waals surface area contributed by atoms with Crippen LogP contribution < -0.4 is 15.1 Å². The van der Waals surface area contributed by atoms with Gasteiger partial charge in [-0.05, 0) is 43.2 Å². The number of aryl methyl sites for hydroxylation is 1. The zero-order chi connectivity index (χ0) is 18.4. The Morgan fingerprint density at radius 2 is 1.85 bits per heavy atom. The largest absolute Gasteiger partial charge is 0.368 e. The van der Waals surface area contributed by atoms with E-state index in [9.17, 15) is 4.79 Å². The molecular formula is C20H27N5O. The topological polar surface area (TPSA) is 61.4 Å². The van der Waals surface area contributed by atoms with E-state index >= 15 is 0 Å². The fourth-order valence-corrected chi connectivity index (χ4v) is 3.10. The minimum atomic E-state index is -0.151. The van der Waals surface area contributed by atoms with Crippen LogP contribution in [0, 0.1) is 6.92 Å². The van der Waals surface area contributed by atoms with Crippen molar-refractivity contribution in [2.75, 3.05) is 42.5 Å². The van der Waals surface area contributed by atoms with Crippen molar-refractivity contribution in [2.24, 2.45) is 0 Å². The molecule has 0 atom stereocenters. The van der Waals surface area contributed by atoms with Gasteiger partial charge < -0.3 is 15.1 Å². The maximum Gasteiger partial charge on any atom is 0.271 e. The van der Waals surface area contributed by atoms with Gasteiger partial charge in [0.15, 0.2) is 11.5 Å². The van der Waals surface area contributed by atoms with Gasteiger partial charge in [0.2, 0.25) is 0 Å². The van der Waals surface area contributed by atoms with Crippen LogP contribution in [-0.4, -0.2) is 48.8 Å². The molecule has 1 aliphatic heterocycles. The number of unbranched alkanes of at least 4 members (excludes halogenated alkanes) is 1. The van der Waals surface area contributed by atoms with Crippen molar-refractivity contribution in [1.82, 2.24) is 15.5 Å². The lowest BCUT2D eigenvalue weighted by atomic mass is 10.2. The predicted octanol–water partition coefficient (Wildman–Crippen LogP) is 2.64. The van der Waals surface area contributed by atoms with Crippen LogP contribution in [0.3, 0.4) is 0 Å². The molecule has 1 N–H and O–H groups in total. The summed E-state index contributed by atoms with van der Waals surface area (Å²) in [6, 6.07) is 12.3. The molecule has 1 aromatic carbocycles. The number of nitrogens with one attached hydrogen (secondary N) is 1. The molecule has 6 heteroatoms. The van der Waals surface area contributed by atoms with Crippen molar-refractivity contribution in [1.29, 1.82) is 0 Å². The summed E-state index contributed by atoms with van der Waals surface area (Å²) in [4.78, 5) is 16.6. The Hall–Kier alpha value is -2.63. The Balaban J connectivity index is 1.55. The molecule has 0 spiro atoms. The van der Waals surface area contributed by atoms with Crippen molar-refractivity contribution in [3.05, 3.63) is 47.7 Å². The van der Waals surface area contributed by atoms with Crippen molar-refractivity contribution >= 4 is 17.4 Å². The highest BCUT2D eigenvalue weighted by atomic mass is 16.1. The van der Waals surface area contributed by atoms with Crippen molar-refractivity contribution < 1.29 is 4.79 Å². The molecule has 0 unspecified atom stereocenters. The van der Waals surface area contributed by atoms with Gasteiger partial charge in [-0.2, -0.15) is 0 Å². The molecule has 0 aliphatic carbocycles. The third kappa shape index (κ3) is 4.50. The summed E-state index contributed by atoms with van der Waals surface area (Å²) in [5.74, 6) is 0.681. The molecule has 1 amide bonds. The van der Waals surface area contributed by atoms with Gasteiger partial charge in [0.25, 0.3) is 5.91 Å². The summed E-state index contributed by atoms with van der Waals surface area (Å²) in [6.45, 7) is 8.58. The maximum atomic E-state index is 12.0. The zero-order valence-electron chi connectivity index (χ0n) is 15.6. The van der Waals surface area contributed by atoms with E-state index in [4.69, 9.17) is 0 Å². The third-order valence-corrected chi connectivity index (χ3v) is 4.67. The van der Waals surface area contributed by atoms with E-state index < -0.39 is 0 Å². The summed E-state index contributed by atoms with van der Waals surface area (Å²) in [5.41, 5.74) is 2.93. The van der Waals surface area contributed by atoms with E-state index in [1.54, 1.807) is 6.07 Å². The molecule has 1 fully saturated rings. The van der Waals surface area contributed by atoms with Crippen LogP contribution in [-0.2, 0) is 0 Å². The number of aromatic nitrogens is 2. The quantitative estimate of drug-likeness (QED) is 0.809. The fraction of sp³-hybridized carbons (Fsp3) is 0.450. The van der Waals surface area contributed by atoms with Crippen molar-refractivity contribution in [2.45, 2.75) is 26.7 Å². The SMILES string of the molecule is CCCCNC(=O)c1ccc(N2CCN(c3cccc(C)c3)CC2)nn1. The van der Waals surface area contributed by atoms with Gasteiger partial charge in [0.05, 0.1) is 0 Å². The summed E-state index contributed by atoms with van der Waals surface area (Å²) in [5, 5.41) is 11.2. The highest BCUT2D eigenvalue weighted by Gasteiger charge is 2.19. The Labute approximate surface area is 155 Å². The van der Waals surface area contributed by atoms with Crippen LogP contribution in [0.4, 0.5) is 11.5 Å². The molecule has 6 nitrogen and oxygen atoms in total. The lowest BCUT2D eigenvalue weighted by molar-refractivity contribution is 0.0947. The number of amides is 1. The van der Waals surface area contributed by atoms with Gasteiger partial charge >= 0.3 is 0 Å². The standard InChI is InChI=1S/C20H27N5O/c1-3-4-10-21-20(26)18-8-9-19(23-22-18)25-13-11-24(12-14-25)17-7-5-6-16(2)15-17/h5-9,15H,3-4,10-14H2,1-2H3,(H,21,26).